The normalized spacial score (nSPS) is 31.8. The van der Waals surface area contributed by atoms with Gasteiger partial charge in [-0.05, 0) is 49.3 Å². The van der Waals surface area contributed by atoms with Crippen LogP contribution in [0.5, 0.6) is 0 Å². The van der Waals surface area contributed by atoms with Crippen LogP contribution in [0.3, 0.4) is 0 Å². The second-order valence-corrected chi connectivity index (χ2v) is 5.96. The predicted molar refractivity (Wildman–Crippen MR) is 69.1 cm³/mol. The number of ether oxygens (including phenoxy) is 1. The molecule has 1 heterocycles. The van der Waals surface area contributed by atoms with Crippen molar-refractivity contribution in [2.24, 2.45) is 11.7 Å². The quantitative estimate of drug-likeness (QED) is 0.916. The first-order chi connectivity index (χ1) is 8.58. The van der Waals surface area contributed by atoms with Gasteiger partial charge in [0.2, 0.25) is 0 Å². The van der Waals surface area contributed by atoms with Crippen molar-refractivity contribution in [3.8, 4) is 0 Å². The fourth-order valence-corrected chi connectivity index (χ4v) is 3.06. The van der Waals surface area contributed by atoms with E-state index in [9.17, 15) is 4.39 Å². The second-order valence-electron chi connectivity index (χ2n) is 5.52. The maximum Gasteiger partial charge on any atom is 0.127 e. The molecule has 1 saturated carbocycles. The Bertz CT molecular complexity index is 463. The van der Waals surface area contributed by atoms with Gasteiger partial charge < -0.3 is 10.5 Å². The van der Waals surface area contributed by atoms with E-state index in [2.05, 4.69) is 0 Å². The lowest BCUT2D eigenvalue weighted by Gasteiger charge is -2.30. The zero-order valence-electron chi connectivity index (χ0n) is 10.2. The molecule has 0 amide bonds. The lowest BCUT2D eigenvalue weighted by Crippen LogP contribution is -2.50. The number of benzene rings is 1. The van der Waals surface area contributed by atoms with E-state index in [0.717, 1.165) is 6.42 Å². The summed E-state index contributed by atoms with van der Waals surface area (Å²) in [5.41, 5.74) is 6.67. The Labute approximate surface area is 111 Å². The molecule has 18 heavy (non-hydrogen) atoms. The predicted octanol–water partition coefficient (Wildman–Crippen LogP) is 2.92. The van der Waals surface area contributed by atoms with E-state index in [1.54, 1.807) is 12.1 Å². The Kier molecular flexibility index (Phi) is 3.08. The molecule has 2 nitrogen and oxygen atoms in total. The molecule has 4 heteroatoms. The van der Waals surface area contributed by atoms with Crippen molar-refractivity contribution in [1.82, 2.24) is 0 Å². The molecule has 0 spiro atoms. The van der Waals surface area contributed by atoms with Crippen molar-refractivity contribution in [3.63, 3.8) is 0 Å². The SMILES string of the molecule is NC1(Cc2ccc(Cl)cc2F)CCOC1C1CC1. The average Bonchev–Trinajstić information content (AvgIpc) is 3.07. The molecule has 1 saturated heterocycles. The minimum Gasteiger partial charge on any atom is -0.376 e. The van der Waals surface area contributed by atoms with Crippen LogP contribution >= 0.6 is 11.6 Å². The molecule has 2 fully saturated rings. The standard InChI is InChI=1S/C14H17ClFNO/c15-11-4-3-10(12(16)7-11)8-14(17)5-6-18-13(14)9-1-2-9/h3-4,7,9,13H,1-2,5-6,8,17H2. The van der Waals surface area contributed by atoms with Gasteiger partial charge in [0.25, 0.3) is 0 Å². The van der Waals surface area contributed by atoms with Crippen molar-refractivity contribution in [1.29, 1.82) is 0 Å². The third-order valence-corrected chi connectivity index (χ3v) is 4.25. The highest BCUT2D eigenvalue weighted by molar-refractivity contribution is 6.30. The fourth-order valence-electron chi connectivity index (χ4n) is 2.90. The highest BCUT2D eigenvalue weighted by atomic mass is 35.5. The van der Waals surface area contributed by atoms with Crippen LogP contribution in [-0.4, -0.2) is 18.2 Å². The number of rotatable bonds is 3. The largest absolute Gasteiger partial charge is 0.376 e. The zero-order valence-corrected chi connectivity index (χ0v) is 10.9. The lowest BCUT2D eigenvalue weighted by molar-refractivity contribution is 0.0624. The Morgan fingerprint density at radius 1 is 1.44 bits per heavy atom. The molecule has 0 bridgehead atoms. The van der Waals surface area contributed by atoms with E-state index in [1.165, 1.54) is 18.9 Å². The molecule has 98 valence electrons. The van der Waals surface area contributed by atoms with Crippen LogP contribution in [0.4, 0.5) is 4.39 Å². The van der Waals surface area contributed by atoms with Crippen molar-refractivity contribution >= 4 is 11.6 Å². The van der Waals surface area contributed by atoms with Crippen LogP contribution in [0.25, 0.3) is 0 Å². The van der Waals surface area contributed by atoms with Gasteiger partial charge in [0.1, 0.15) is 5.82 Å². The number of hydrogen-bond donors (Lipinski definition) is 1. The summed E-state index contributed by atoms with van der Waals surface area (Å²) in [7, 11) is 0. The first kappa shape index (κ1) is 12.4. The van der Waals surface area contributed by atoms with Gasteiger partial charge in [0, 0.05) is 17.2 Å². The molecule has 2 atom stereocenters. The van der Waals surface area contributed by atoms with E-state index in [1.807, 2.05) is 0 Å². The number of nitrogens with two attached hydrogens (primary N) is 1. The topological polar surface area (TPSA) is 35.2 Å². The van der Waals surface area contributed by atoms with Crippen LogP contribution in [-0.2, 0) is 11.2 Å². The summed E-state index contributed by atoms with van der Waals surface area (Å²) in [6.45, 7) is 0.687. The highest BCUT2D eigenvalue weighted by Crippen LogP contribution is 2.43. The summed E-state index contributed by atoms with van der Waals surface area (Å²) in [6.07, 6.45) is 3.79. The Morgan fingerprint density at radius 2 is 2.22 bits per heavy atom. The number of halogens is 2. The Balaban J connectivity index is 1.81. The fraction of sp³-hybridized carbons (Fsp3) is 0.571. The minimum absolute atomic E-state index is 0.0904. The van der Waals surface area contributed by atoms with Crippen molar-refractivity contribution in [2.45, 2.75) is 37.3 Å². The van der Waals surface area contributed by atoms with Gasteiger partial charge in [-0.25, -0.2) is 4.39 Å². The van der Waals surface area contributed by atoms with Gasteiger partial charge in [-0.3, -0.25) is 0 Å². The van der Waals surface area contributed by atoms with Crippen LogP contribution in [0.15, 0.2) is 18.2 Å². The van der Waals surface area contributed by atoms with Gasteiger partial charge in [0.05, 0.1) is 6.10 Å². The highest BCUT2D eigenvalue weighted by Gasteiger charge is 2.48. The third-order valence-electron chi connectivity index (χ3n) is 4.02. The summed E-state index contributed by atoms with van der Waals surface area (Å²) in [6, 6.07) is 4.79. The molecule has 2 N–H and O–H groups in total. The van der Waals surface area contributed by atoms with Gasteiger partial charge in [-0.1, -0.05) is 17.7 Å². The molecule has 2 unspecified atom stereocenters. The van der Waals surface area contributed by atoms with Crippen LogP contribution in [0.2, 0.25) is 5.02 Å². The van der Waals surface area contributed by atoms with E-state index in [-0.39, 0.29) is 11.9 Å². The summed E-state index contributed by atoms with van der Waals surface area (Å²) in [4.78, 5) is 0. The van der Waals surface area contributed by atoms with E-state index >= 15 is 0 Å². The van der Waals surface area contributed by atoms with Crippen LogP contribution < -0.4 is 5.73 Å². The molecule has 0 radical (unpaired) electrons. The maximum absolute atomic E-state index is 13.8. The minimum atomic E-state index is -0.421. The number of hydrogen-bond acceptors (Lipinski definition) is 2. The van der Waals surface area contributed by atoms with Crippen LogP contribution in [0.1, 0.15) is 24.8 Å². The summed E-state index contributed by atoms with van der Waals surface area (Å²) < 4.78 is 19.6. The van der Waals surface area contributed by atoms with Crippen molar-refractivity contribution in [2.75, 3.05) is 6.61 Å². The Morgan fingerprint density at radius 3 is 2.89 bits per heavy atom. The van der Waals surface area contributed by atoms with Gasteiger partial charge in [-0.15, -0.1) is 0 Å². The molecular weight excluding hydrogens is 253 g/mol. The maximum atomic E-state index is 13.8. The van der Waals surface area contributed by atoms with E-state index in [4.69, 9.17) is 22.1 Å². The average molecular weight is 270 g/mol. The summed E-state index contributed by atoms with van der Waals surface area (Å²) in [5, 5.41) is 0.420. The van der Waals surface area contributed by atoms with Crippen LogP contribution in [0, 0.1) is 11.7 Å². The van der Waals surface area contributed by atoms with Gasteiger partial charge >= 0.3 is 0 Å². The molecule has 3 rings (SSSR count). The molecule has 2 aliphatic rings. The first-order valence-corrected chi connectivity index (χ1v) is 6.81. The summed E-state index contributed by atoms with van der Waals surface area (Å²) >= 11 is 5.76. The molecule has 1 aliphatic carbocycles. The monoisotopic (exact) mass is 269 g/mol. The van der Waals surface area contributed by atoms with Gasteiger partial charge in [0.15, 0.2) is 0 Å². The second kappa shape index (κ2) is 4.48. The van der Waals surface area contributed by atoms with Crippen molar-refractivity contribution in [3.05, 3.63) is 34.6 Å². The zero-order chi connectivity index (χ0) is 12.8. The molecule has 1 aromatic carbocycles. The third kappa shape index (κ3) is 2.27. The Hall–Kier alpha value is -0.640. The molecule has 1 aliphatic heterocycles. The van der Waals surface area contributed by atoms with Gasteiger partial charge in [-0.2, -0.15) is 0 Å². The summed E-state index contributed by atoms with van der Waals surface area (Å²) in [5.74, 6) is 0.307. The van der Waals surface area contributed by atoms with E-state index < -0.39 is 5.54 Å². The smallest absolute Gasteiger partial charge is 0.127 e. The first-order valence-electron chi connectivity index (χ1n) is 6.43. The molecular formula is C14H17ClFNO. The van der Waals surface area contributed by atoms with Crippen molar-refractivity contribution < 1.29 is 9.13 Å². The molecule has 0 aromatic heterocycles. The van der Waals surface area contributed by atoms with E-state index in [0.29, 0.717) is 29.5 Å². The molecule has 1 aromatic rings. The lowest BCUT2D eigenvalue weighted by atomic mass is 9.83.